The van der Waals surface area contributed by atoms with Crippen LogP contribution in [0.3, 0.4) is 0 Å². The number of piperazine rings is 1. The normalized spacial score (nSPS) is 25.0. The van der Waals surface area contributed by atoms with E-state index in [0.717, 1.165) is 51.4 Å². The molecule has 0 aromatic carbocycles. The number of aromatic nitrogens is 1. The number of carbonyl (C=O) groups is 1. The molecule has 2 saturated heterocycles. The summed E-state index contributed by atoms with van der Waals surface area (Å²) in [5.74, 6) is 1.33. The maximum atomic E-state index is 12.6. The van der Waals surface area contributed by atoms with Crippen LogP contribution in [0.5, 0.6) is 0 Å². The first kappa shape index (κ1) is 18.3. The summed E-state index contributed by atoms with van der Waals surface area (Å²) in [5.41, 5.74) is 0. The average Bonchev–Trinajstić information content (AvgIpc) is 2.55. The second-order valence-electron chi connectivity index (χ2n) is 6.20. The lowest BCUT2D eigenvalue weighted by Gasteiger charge is -2.38. The van der Waals surface area contributed by atoms with Gasteiger partial charge in [0.05, 0.1) is 5.02 Å². The fraction of sp³-hybridized carbons (Fsp3) is 0.625. The van der Waals surface area contributed by atoms with Crippen molar-refractivity contribution in [3.8, 4) is 0 Å². The SMILES string of the molecule is C[C@H]1C[C@@H](C(=O)N2CCN(c3ncccc3Cl)CC2)CCN1.Cl. The van der Waals surface area contributed by atoms with Gasteiger partial charge in [-0.05, 0) is 38.4 Å². The van der Waals surface area contributed by atoms with E-state index >= 15 is 0 Å². The highest BCUT2D eigenvalue weighted by Crippen LogP contribution is 2.24. The maximum absolute atomic E-state index is 12.6. The standard InChI is InChI=1S/C16H23ClN4O.ClH/c1-12-11-13(4-6-18-12)16(22)21-9-7-20(8-10-21)15-14(17)3-2-5-19-15;/h2-3,5,12-13,18H,4,6-11H2,1H3;1H/t12-,13-;/m0./s1. The number of carbonyl (C=O) groups excluding carboxylic acids is 1. The Labute approximate surface area is 148 Å². The monoisotopic (exact) mass is 358 g/mol. The molecule has 23 heavy (non-hydrogen) atoms. The molecule has 1 amide bonds. The molecule has 3 rings (SSSR count). The number of hydrogen-bond donors (Lipinski definition) is 1. The van der Waals surface area contributed by atoms with Crippen molar-refractivity contribution < 1.29 is 4.79 Å². The zero-order valence-corrected chi connectivity index (χ0v) is 14.9. The summed E-state index contributed by atoms with van der Waals surface area (Å²) in [4.78, 5) is 21.2. The van der Waals surface area contributed by atoms with Crippen LogP contribution >= 0.6 is 24.0 Å². The number of anilines is 1. The summed E-state index contributed by atoms with van der Waals surface area (Å²) in [5, 5.41) is 4.08. The largest absolute Gasteiger partial charge is 0.352 e. The van der Waals surface area contributed by atoms with Crippen LogP contribution in [0.25, 0.3) is 0 Å². The smallest absolute Gasteiger partial charge is 0.225 e. The molecule has 2 aliphatic rings. The molecule has 2 fully saturated rings. The number of piperidine rings is 1. The predicted molar refractivity (Wildman–Crippen MR) is 95.5 cm³/mol. The van der Waals surface area contributed by atoms with Crippen LogP contribution in [0.2, 0.25) is 5.02 Å². The molecule has 1 N–H and O–H groups in total. The number of rotatable bonds is 2. The summed E-state index contributed by atoms with van der Waals surface area (Å²) >= 11 is 6.20. The molecule has 1 aromatic rings. The van der Waals surface area contributed by atoms with Crippen molar-refractivity contribution in [3.63, 3.8) is 0 Å². The second kappa shape index (κ2) is 8.18. The van der Waals surface area contributed by atoms with E-state index in [2.05, 4.69) is 22.1 Å². The Kier molecular flexibility index (Phi) is 6.50. The fourth-order valence-corrected chi connectivity index (χ4v) is 3.60. The summed E-state index contributed by atoms with van der Waals surface area (Å²) in [6.07, 6.45) is 3.66. The molecular formula is C16H24Cl2N4O. The molecule has 0 radical (unpaired) electrons. The summed E-state index contributed by atoms with van der Waals surface area (Å²) in [6, 6.07) is 4.14. The molecule has 0 bridgehead atoms. The number of halogens is 2. The van der Waals surface area contributed by atoms with Gasteiger partial charge in [-0.3, -0.25) is 4.79 Å². The minimum absolute atomic E-state index is 0. The van der Waals surface area contributed by atoms with E-state index in [-0.39, 0.29) is 18.3 Å². The topological polar surface area (TPSA) is 48.5 Å². The van der Waals surface area contributed by atoms with E-state index in [4.69, 9.17) is 11.6 Å². The Morgan fingerprint density at radius 1 is 1.35 bits per heavy atom. The molecule has 3 heterocycles. The van der Waals surface area contributed by atoms with Gasteiger partial charge < -0.3 is 15.1 Å². The first-order valence-corrected chi connectivity index (χ1v) is 8.40. The van der Waals surface area contributed by atoms with Gasteiger partial charge in [0.25, 0.3) is 0 Å². The van der Waals surface area contributed by atoms with Crippen molar-refractivity contribution in [1.82, 2.24) is 15.2 Å². The van der Waals surface area contributed by atoms with Crippen LogP contribution in [0, 0.1) is 5.92 Å². The molecule has 0 saturated carbocycles. The van der Waals surface area contributed by atoms with Crippen molar-refractivity contribution in [2.24, 2.45) is 5.92 Å². The van der Waals surface area contributed by atoms with Crippen LogP contribution in [-0.2, 0) is 4.79 Å². The molecule has 0 aliphatic carbocycles. The number of pyridine rings is 1. The molecule has 5 nitrogen and oxygen atoms in total. The second-order valence-corrected chi connectivity index (χ2v) is 6.60. The van der Waals surface area contributed by atoms with Crippen molar-refractivity contribution in [3.05, 3.63) is 23.4 Å². The molecule has 2 atom stereocenters. The van der Waals surface area contributed by atoms with Gasteiger partial charge in [0.2, 0.25) is 5.91 Å². The minimum atomic E-state index is 0. The van der Waals surface area contributed by atoms with Crippen LogP contribution in [-0.4, -0.2) is 54.6 Å². The van der Waals surface area contributed by atoms with Crippen LogP contribution in [0.4, 0.5) is 5.82 Å². The van der Waals surface area contributed by atoms with Crippen LogP contribution in [0.15, 0.2) is 18.3 Å². The average molecular weight is 359 g/mol. The molecule has 2 aliphatic heterocycles. The summed E-state index contributed by atoms with van der Waals surface area (Å²) in [7, 11) is 0. The Hall–Kier alpha value is -1.04. The Morgan fingerprint density at radius 2 is 2.09 bits per heavy atom. The third-order valence-electron chi connectivity index (χ3n) is 4.60. The summed E-state index contributed by atoms with van der Waals surface area (Å²) in [6.45, 7) is 6.20. The van der Waals surface area contributed by atoms with Gasteiger partial charge >= 0.3 is 0 Å². The zero-order chi connectivity index (χ0) is 15.5. The van der Waals surface area contributed by atoms with Crippen molar-refractivity contribution >= 4 is 35.7 Å². The van der Waals surface area contributed by atoms with Crippen molar-refractivity contribution in [2.45, 2.75) is 25.8 Å². The van der Waals surface area contributed by atoms with E-state index in [1.54, 1.807) is 6.20 Å². The number of nitrogens with zero attached hydrogens (tertiary/aromatic N) is 3. The first-order valence-electron chi connectivity index (χ1n) is 8.03. The molecule has 1 aromatic heterocycles. The van der Waals surface area contributed by atoms with Crippen molar-refractivity contribution in [1.29, 1.82) is 0 Å². The van der Waals surface area contributed by atoms with Gasteiger partial charge in [-0.15, -0.1) is 12.4 Å². The third-order valence-corrected chi connectivity index (χ3v) is 4.90. The lowest BCUT2D eigenvalue weighted by atomic mass is 9.92. The van der Waals surface area contributed by atoms with Crippen LogP contribution < -0.4 is 10.2 Å². The minimum Gasteiger partial charge on any atom is -0.352 e. The lowest BCUT2D eigenvalue weighted by molar-refractivity contribution is -0.137. The van der Waals surface area contributed by atoms with E-state index in [9.17, 15) is 4.79 Å². The molecule has 7 heteroatoms. The molecule has 0 unspecified atom stereocenters. The Balaban J connectivity index is 0.00000192. The van der Waals surface area contributed by atoms with Crippen LogP contribution in [0.1, 0.15) is 19.8 Å². The number of nitrogens with one attached hydrogen (secondary N) is 1. The van der Waals surface area contributed by atoms with E-state index in [1.807, 2.05) is 17.0 Å². The summed E-state index contributed by atoms with van der Waals surface area (Å²) < 4.78 is 0. The third kappa shape index (κ3) is 4.28. The molecule has 0 spiro atoms. The highest BCUT2D eigenvalue weighted by atomic mass is 35.5. The lowest BCUT2D eigenvalue weighted by Crippen LogP contribution is -2.52. The predicted octanol–water partition coefficient (Wildman–Crippen LogP) is 2.19. The highest BCUT2D eigenvalue weighted by molar-refractivity contribution is 6.32. The maximum Gasteiger partial charge on any atom is 0.225 e. The molecular weight excluding hydrogens is 335 g/mol. The fourth-order valence-electron chi connectivity index (χ4n) is 3.36. The van der Waals surface area contributed by atoms with Gasteiger partial charge in [0.1, 0.15) is 5.82 Å². The Bertz CT molecular complexity index is 535. The van der Waals surface area contributed by atoms with Gasteiger partial charge in [-0.2, -0.15) is 0 Å². The molecule has 128 valence electrons. The first-order chi connectivity index (χ1) is 10.6. The van der Waals surface area contributed by atoms with Gasteiger partial charge in [-0.25, -0.2) is 4.98 Å². The van der Waals surface area contributed by atoms with Gasteiger partial charge in [0, 0.05) is 44.3 Å². The van der Waals surface area contributed by atoms with E-state index in [0.29, 0.717) is 17.0 Å². The Morgan fingerprint density at radius 3 is 2.74 bits per heavy atom. The van der Waals surface area contributed by atoms with E-state index in [1.165, 1.54) is 0 Å². The zero-order valence-electron chi connectivity index (χ0n) is 13.4. The van der Waals surface area contributed by atoms with Crippen molar-refractivity contribution in [2.75, 3.05) is 37.6 Å². The van der Waals surface area contributed by atoms with E-state index < -0.39 is 0 Å². The van der Waals surface area contributed by atoms with Gasteiger partial charge in [-0.1, -0.05) is 11.6 Å². The highest BCUT2D eigenvalue weighted by Gasteiger charge is 2.30. The van der Waals surface area contributed by atoms with Gasteiger partial charge in [0.15, 0.2) is 0 Å². The number of hydrogen-bond acceptors (Lipinski definition) is 4. The quantitative estimate of drug-likeness (QED) is 0.880. The number of amides is 1.